The van der Waals surface area contributed by atoms with Crippen LogP contribution in [0.1, 0.15) is 38.8 Å². The van der Waals surface area contributed by atoms with Crippen LogP contribution in [-0.4, -0.2) is 29.9 Å². The van der Waals surface area contributed by atoms with Crippen LogP contribution < -0.4 is 0 Å². The molecule has 3 aromatic carbocycles. The number of ether oxygens (including phenoxy) is 2. The van der Waals surface area contributed by atoms with Gasteiger partial charge in [0.05, 0.1) is 12.7 Å². The van der Waals surface area contributed by atoms with Crippen molar-refractivity contribution in [2.24, 2.45) is 0 Å². The summed E-state index contributed by atoms with van der Waals surface area (Å²) < 4.78 is 12.4. The normalized spacial score (nSPS) is 19.6. The van der Waals surface area contributed by atoms with Gasteiger partial charge >= 0.3 is 0 Å². The maximum absolute atomic E-state index is 13.9. The molecule has 4 nitrogen and oxygen atoms in total. The quantitative estimate of drug-likeness (QED) is 0.289. The summed E-state index contributed by atoms with van der Waals surface area (Å²) in [5.74, 6) is -0.788. The van der Waals surface area contributed by atoms with Crippen molar-refractivity contribution in [1.29, 1.82) is 0 Å². The van der Waals surface area contributed by atoms with E-state index in [4.69, 9.17) is 9.47 Å². The fourth-order valence-electron chi connectivity index (χ4n) is 4.06. The second-order valence-electron chi connectivity index (χ2n) is 7.49. The van der Waals surface area contributed by atoms with Crippen LogP contribution in [0.5, 0.6) is 0 Å². The van der Waals surface area contributed by atoms with Gasteiger partial charge in [0.2, 0.25) is 17.2 Å². The van der Waals surface area contributed by atoms with Crippen molar-refractivity contribution in [2.75, 3.05) is 6.61 Å². The van der Waals surface area contributed by atoms with Gasteiger partial charge in [-0.25, -0.2) is 0 Å². The number of carbonyl (C=O) groups is 2. The van der Waals surface area contributed by atoms with E-state index in [1.807, 2.05) is 42.5 Å². The van der Waals surface area contributed by atoms with Gasteiger partial charge < -0.3 is 9.47 Å². The Morgan fingerprint density at radius 1 is 0.871 bits per heavy atom. The van der Waals surface area contributed by atoms with Crippen molar-refractivity contribution in [2.45, 2.75) is 24.2 Å². The molecule has 0 radical (unpaired) electrons. The minimum absolute atomic E-state index is 0.210. The fourth-order valence-corrected chi connectivity index (χ4v) is 4.06. The lowest BCUT2D eigenvalue weighted by Crippen LogP contribution is -2.55. The first-order valence-corrected chi connectivity index (χ1v) is 10.3. The maximum Gasteiger partial charge on any atom is 0.220 e. The van der Waals surface area contributed by atoms with Crippen molar-refractivity contribution in [3.8, 4) is 0 Å². The topological polar surface area (TPSA) is 52.6 Å². The van der Waals surface area contributed by atoms with E-state index < -0.39 is 29.4 Å². The highest BCUT2D eigenvalue weighted by molar-refractivity contribution is 6.23. The third kappa shape index (κ3) is 4.00. The lowest BCUT2D eigenvalue weighted by atomic mass is 9.81. The van der Waals surface area contributed by atoms with Crippen LogP contribution in [0, 0.1) is 0 Å². The summed E-state index contributed by atoms with van der Waals surface area (Å²) in [7, 11) is 0. The van der Waals surface area contributed by atoms with Gasteiger partial charge in [0, 0.05) is 17.5 Å². The van der Waals surface area contributed by atoms with Crippen molar-refractivity contribution >= 4 is 11.6 Å². The van der Waals surface area contributed by atoms with E-state index in [9.17, 15) is 9.59 Å². The molecule has 1 fully saturated rings. The maximum atomic E-state index is 13.9. The van der Waals surface area contributed by atoms with Crippen LogP contribution in [0.2, 0.25) is 0 Å². The van der Waals surface area contributed by atoms with E-state index in [-0.39, 0.29) is 6.61 Å². The fraction of sp³-hybridized carbons (Fsp3) is 0.185. The number of Topliss-reactive ketones (excluding diaryl/α,β-unsaturated/α-hetero) is 2. The smallest absolute Gasteiger partial charge is 0.220 e. The molecular formula is C27H24O4. The zero-order valence-electron chi connectivity index (χ0n) is 17.1. The van der Waals surface area contributed by atoms with Crippen molar-refractivity contribution in [3.05, 3.63) is 120 Å². The molecule has 2 atom stereocenters. The molecule has 1 saturated heterocycles. The first kappa shape index (κ1) is 20.9. The molecule has 0 bridgehead atoms. The molecule has 1 heterocycles. The van der Waals surface area contributed by atoms with E-state index in [2.05, 4.69) is 6.58 Å². The number of benzene rings is 3. The van der Waals surface area contributed by atoms with Gasteiger partial charge in [-0.2, -0.15) is 0 Å². The minimum Gasteiger partial charge on any atom is -0.370 e. The molecule has 4 heteroatoms. The molecule has 1 aliphatic rings. The largest absolute Gasteiger partial charge is 0.370 e. The van der Waals surface area contributed by atoms with Gasteiger partial charge in [-0.3, -0.25) is 9.59 Å². The zero-order valence-corrected chi connectivity index (χ0v) is 17.1. The van der Waals surface area contributed by atoms with Gasteiger partial charge in [0.15, 0.2) is 0 Å². The lowest BCUT2D eigenvalue weighted by Gasteiger charge is -2.31. The number of rotatable bonds is 8. The number of ketones is 2. The average molecular weight is 412 g/mol. The van der Waals surface area contributed by atoms with Crippen LogP contribution in [0.25, 0.3) is 0 Å². The first-order valence-electron chi connectivity index (χ1n) is 10.3. The second-order valence-corrected chi connectivity index (χ2v) is 7.49. The highest BCUT2D eigenvalue weighted by Crippen LogP contribution is 2.45. The Hall–Kier alpha value is -3.34. The highest BCUT2D eigenvalue weighted by atomic mass is 16.6. The third-order valence-electron chi connectivity index (χ3n) is 5.54. The van der Waals surface area contributed by atoms with Crippen LogP contribution >= 0.6 is 0 Å². The molecule has 0 aromatic heterocycles. The van der Waals surface area contributed by atoms with E-state index >= 15 is 0 Å². The van der Waals surface area contributed by atoms with Gasteiger partial charge in [0.25, 0.3) is 0 Å². The minimum atomic E-state index is -1.79. The zero-order chi connectivity index (χ0) is 21.7. The van der Waals surface area contributed by atoms with Crippen molar-refractivity contribution in [3.63, 3.8) is 0 Å². The summed E-state index contributed by atoms with van der Waals surface area (Å²) >= 11 is 0. The van der Waals surface area contributed by atoms with Crippen molar-refractivity contribution < 1.29 is 19.1 Å². The Balaban J connectivity index is 1.84. The summed E-state index contributed by atoms with van der Waals surface area (Å²) in [4.78, 5) is 27.8. The van der Waals surface area contributed by atoms with E-state index in [0.29, 0.717) is 17.5 Å². The summed E-state index contributed by atoms with van der Waals surface area (Å²) in [5.41, 5.74) is -0.0645. The summed E-state index contributed by atoms with van der Waals surface area (Å²) in [5, 5.41) is 0. The molecule has 2 unspecified atom stereocenters. The standard InChI is InChI=1S/C27H24O4/c1-2-18-30-24-19-23(20-12-6-3-7-13-20)31-27(24,25(28)21-14-8-4-9-15-21)26(29)22-16-10-5-11-17-22/h2-17,23-24H,1,18-19H2. The van der Waals surface area contributed by atoms with E-state index in [1.54, 1.807) is 54.6 Å². The predicted molar refractivity (Wildman–Crippen MR) is 119 cm³/mol. The van der Waals surface area contributed by atoms with Crippen LogP contribution in [0.4, 0.5) is 0 Å². The van der Waals surface area contributed by atoms with Gasteiger partial charge in [-0.05, 0) is 5.56 Å². The summed E-state index contributed by atoms with van der Waals surface area (Å²) in [6.07, 6.45) is 0.794. The molecule has 31 heavy (non-hydrogen) atoms. The number of hydrogen-bond donors (Lipinski definition) is 0. The average Bonchev–Trinajstić information content (AvgIpc) is 3.24. The van der Waals surface area contributed by atoms with Crippen LogP contribution in [0.15, 0.2) is 104 Å². The lowest BCUT2D eigenvalue weighted by molar-refractivity contribution is -0.0552. The third-order valence-corrected chi connectivity index (χ3v) is 5.54. The number of carbonyl (C=O) groups excluding carboxylic acids is 2. The summed E-state index contributed by atoms with van der Waals surface area (Å²) in [6, 6.07) is 27.2. The molecular weight excluding hydrogens is 388 g/mol. The van der Waals surface area contributed by atoms with Gasteiger partial charge in [0.1, 0.15) is 6.10 Å². The Morgan fingerprint density at radius 3 is 1.84 bits per heavy atom. The monoisotopic (exact) mass is 412 g/mol. The predicted octanol–water partition coefficient (Wildman–Crippen LogP) is 5.22. The Morgan fingerprint density at radius 2 is 1.35 bits per heavy atom. The second kappa shape index (κ2) is 9.21. The molecule has 0 amide bonds. The van der Waals surface area contributed by atoms with Gasteiger partial charge in [-0.1, -0.05) is 97.1 Å². The van der Waals surface area contributed by atoms with Crippen LogP contribution in [-0.2, 0) is 9.47 Å². The SMILES string of the molecule is C=CCOC1CC(c2ccccc2)OC1(C(=O)c1ccccc1)C(=O)c1ccccc1. The van der Waals surface area contributed by atoms with E-state index in [1.165, 1.54) is 0 Å². The highest BCUT2D eigenvalue weighted by Gasteiger charge is 2.60. The van der Waals surface area contributed by atoms with E-state index in [0.717, 1.165) is 5.56 Å². The molecule has 0 saturated carbocycles. The number of hydrogen-bond acceptors (Lipinski definition) is 4. The molecule has 156 valence electrons. The Kier molecular flexibility index (Phi) is 6.21. The molecule has 4 rings (SSSR count). The van der Waals surface area contributed by atoms with Crippen LogP contribution in [0.3, 0.4) is 0 Å². The molecule has 3 aromatic rings. The Bertz CT molecular complexity index is 993. The summed E-state index contributed by atoms with van der Waals surface area (Å²) in [6.45, 7) is 3.93. The van der Waals surface area contributed by atoms with Crippen molar-refractivity contribution in [1.82, 2.24) is 0 Å². The molecule has 0 aliphatic carbocycles. The molecule has 1 aliphatic heterocycles. The van der Waals surface area contributed by atoms with Gasteiger partial charge in [-0.15, -0.1) is 6.58 Å². The molecule has 0 N–H and O–H groups in total. The molecule has 0 spiro atoms. The Labute approximate surface area is 182 Å². The first-order chi connectivity index (χ1) is 15.2.